The van der Waals surface area contributed by atoms with E-state index in [0.717, 1.165) is 31.2 Å². The average Bonchev–Trinajstić information content (AvgIpc) is 2.22. The zero-order valence-electron chi connectivity index (χ0n) is 10.4. The lowest BCUT2D eigenvalue weighted by atomic mass is 10.0. The van der Waals surface area contributed by atoms with Crippen LogP contribution < -0.4 is 0 Å². The largest absolute Gasteiger partial charge is 0.295 e. The second-order valence-electron chi connectivity index (χ2n) is 4.35. The van der Waals surface area contributed by atoms with E-state index in [2.05, 4.69) is 6.92 Å². The maximum absolute atomic E-state index is 11.3. The van der Waals surface area contributed by atoms with Gasteiger partial charge in [0.15, 0.2) is 0 Å². The third-order valence-corrected chi connectivity index (χ3v) is 3.95. The topological polar surface area (TPSA) is 54.4 Å². The molecule has 1 aromatic rings. The zero-order chi connectivity index (χ0) is 12.9. The van der Waals surface area contributed by atoms with E-state index in [-0.39, 0.29) is 4.90 Å². The third kappa shape index (κ3) is 4.13. The fraction of sp³-hybridized carbons (Fsp3) is 0.538. The molecule has 0 aromatic heterocycles. The summed E-state index contributed by atoms with van der Waals surface area (Å²) < 4.78 is 31.9. The number of aryl methyl sites for hydroxylation is 2. The Labute approximate surface area is 104 Å². The second kappa shape index (κ2) is 6.17. The summed E-state index contributed by atoms with van der Waals surface area (Å²) in [6.45, 7) is 3.84. The third-order valence-electron chi connectivity index (χ3n) is 2.85. The molecule has 0 saturated carbocycles. The summed E-state index contributed by atoms with van der Waals surface area (Å²) in [5, 5.41) is 0. The maximum atomic E-state index is 11.3. The van der Waals surface area contributed by atoms with Crippen molar-refractivity contribution in [3.63, 3.8) is 0 Å². The van der Waals surface area contributed by atoms with Crippen LogP contribution >= 0.6 is 0 Å². The van der Waals surface area contributed by atoms with Crippen LogP contribution in [0.3, 0.4) is 0 Å². The highest BCUT2D eigenvalue weighted by Gasteiger charge is 2.17. The van der Waals surface area contributed by atoms with E-state index in [4.69, 9.17) is 0 Å². The van der Waals surface area contributed by atoms with E-state index in [9.17, 15) is 13.0 Å². The van der Waals surface area contributed by atoms with E-state index in [1.165, 1.54) is 0 Å². The smallest absolute Gasteiger partial charge is 0.282 e. The Hall–Kier alpha value is -0.870. The van der Waals surface area contributed by atoms with Gasteiger partial charge >= 0.3 is 0 Å². The summed E-state index contributed by atoms with van der Waals surface area (Å²) in [6, 6.07) is 5.32. The fourth-order valence-corrected chi connectivity index (χ4v) is 3.00. The first-order valence-electron chi connectivity index (χ1n) is 6.02. The van der Waals surface area contributed by atoms with E-state index in [1.54, 1.807) is 19.1 Å². The van der Waals surface area contributed by atoms with Gasteiger partial charge in [0.1, 0.15) is 0 Å². The number of benzene rings is 1. The summed E-state index contributed by atoms with van der Waals surface area (Å²) in [5.41, 5.74) is 1.34. The van der Waals surface area contributed by atoms with Crippen molar-refractivity contribution < 1.29 is 13.0 Å². The lowest BCUT2D eigenvalue weighted by molar-refractivity contribution is 0.481. The first-order valence-corrected chi connectivity index (χ1v) is 7.46. The van der Waals surface area contributed by atoms with Gasteiger partial charge in [0, 0.05) is 0 Å². The number of unbranched alkanes of at least 4 members (excludes halogenated alkanes) is 3. The molecule has 0 bridgehead atoms. The fourth-order valence-electron chi connectivity index (χ4n) is 2.02. The number of hydrogen-bond donors (Lipinski definition) is 1. The molecule has 0 heterocycles. The van der Waals surface area contributed by atoms with Crippen LogP contribution in [-0.4, -0.2) is 13.0 Å². The Morgan fingerprint density at radius 1 is 1.18 bits per heavy atom. The predicted octanol–water partition coefficient (Wildman–Crippen LogP) is 3.36. The highest BCUT2D eigenvalue weighted by atomic mass is 32.2. The molecule has 96 valence electrons. The number of rotatable bonds is 6. The Kier molecular flexibility index (Phi) is 5.15. The van der Waals surface area contributed by atoms with Gasteiger partial charge in [-0.05, 0) is 30.9 Å². The Morgan fingerprint density at radius 2 is 1.88 bits per heavy atom. The van der Waals surface area contributed by atoms with Gasteiger partial charge in [0.25, 0.3) is 10.1 Å². The molecule has 0 aliphatic rings. The molecular weight excluding hydrogens is 236 g/mol. The maximum Gasteiger partial charge on any atom is 0.295 e. The summed E-state index contributed by atoms with van der Waals surface area (Å²) >= 11 is 0. The molecular formula is C13H20O3S. The number of hydrogen-bond acceptors (Lipinski definition) is 2. The standard InChI is InChI=1S/C13H20O3S/c1-3-4-5-6-9-12-10-7-8-11(2)13(12)17(14,15)16/h7-8,10H,3-6,9H2,1-2H3,(H,14,15,16). The van der Waals surface area contributed by atoms with Gasteiger partial charge in [-0.1, -0.05) is 44.4 Å². The SMILES string of the molecule is CCCCCCc1cccc(C)c1S(=O)(=O)O. The van der Waals surface area contributed by atoms with Crippen molar-refractivity contribution in [2.75, 3.05) is 0 Å². The van der Waals surface area contributed by atoms with E-state index in [1.807, 2.05) is 6.07 Å². The van der Waals surface area contributed by atoms with Gasteiger partial charge < -0.3 is 0 Å². The van der Waals surface area contributed by atoms with Crippen LogP contribution in [0.25, 0.3) is 0 Å². The van der Waals surface area contributed by atoms with E-state index in [0.29, 0.717) is 12.0 Å². The average molecular weight is 256 g/mol. The van der Waals surface area contributed by atoms with Crippen LogP contribution in [-0.2, 0) is 16.5 Å². The predicted molar refractivity (Wildman–Crippen MR) is 68.8 cm³/mol. The van der Waals surface area contributed by atoms with Gasteiger partial charge in [-0.15, -0.1) is 0 Å². The van der Waals surface area contributed by atoms with Gasteiger partial charge in [-0.2, -0.15) is 8.42 Å². The molecule has 0 aliphatic heterocycles. The van der Waals surface area contributed by atoms with Crippen LogP contribution in [0, 0.1) is 6.92 Å². The van der Waals surface area contributed by atoms with Crippen molar-refractivity contribution in [2.45, 2.75) is 50.8 Å². The van der Waals surface area contributed by atoms with Crippen molar-refractivity contribution >= 4 is 10.1 Å². The summed E-state index contributed by atoms with van der Waals surface area (Å²) in [5.74, 6) is 0. The highest BCUT2D eigenvalue weighted by Crippen LogP contribution is 2.22. The van der Waals surface area contributed by atoms with Crippen LogP contribution in [0.15, 0.2) is 23.1 Å². The summed E-state index contributed by atoms with van der Waals surface area (Å²) in [6.07, 6.45) is 5.07. The minimum absolute atomic E-state index is 0.0940. The van der Waals surface area contributed by atoms with E-state index < -0.39 is 10.1 Å². The minimum atomic E-state index is -4.11. The quantitative estimate of drug-likeness (QED) is 0.627. The molecule has 0 atom stereocenters. The van der Waals surface area contributed by atoms with Crippen molar-refractivity contribution in [1.29, 1.82) is 0 Å². The zero-order valence-corrected chi connectivity index (χ0v) is 11.3. The Balaban J connectivity index is 2.89. The molecule has 0 aliphatic carbocycles. The molecule has 0 spiro atoms. The van der Waals surface area contributed by atoms with Gasteiger partial charge in [0.2, 0.25) is 0 Å². The summed E-state index contributed by atoms with van der Waals surface area (Å²) in [7, 11) is -4.11. The van der Waals surface area contributed by atoms with Crippen LogP contribution in [0.1, 0.15) is 43.7 Å². The Morgan fingerprint density at radius 3 is 2.47 bits per heavy atom. The molecule has 4 heteroatoms. The van der Waals surface area contributed by atoms with Crippen molar-refractivity contribution in [3.8, 4) is 0 Å². The second-order valence-corrected chi connectivity index (χ2v) is 5.71. The molecule has 1 N–H and O–H groups in total. The minimum Gasteiger partial charge on any atom is -0.282 e. The first-order chi connectivity index (χ1) is 7.96. The summed E-state index contributed by atoms with van der Waals surface area (Å²) in [4.78, 5) is 0.0940. The first kappa shape index (κ1) is 14.2. The molecule has 0 unspecified atom stereocenters. The van der Waals surface area contributed by atoms with E-state index >= 15 is 0 Å². The monoisotopic (exact) mass is 256 g/mol. The van der Waals surface area contributed by atoms with Crippen molar-refractivity contribution in [1.82, 2.24) is 0 Å². The van der Waals surface area contributed by atoms with Crippen LogP contribution in [0.5, 0.6) is 0 Å². The lowest BCUT2D eigenvalue weighted by Gasteiger charge is -2.09. The van der Waals surface area contributed by atoms with Gasteiger partial charge in [-0.25, -0.2) is 0 Å². The molecule has 0 amide bonds. The van der Waals surface area contributed by atoms with Gasteiger partial charge in [0.05, 0.1) is 4.90 Å². The molecule has 0 fully saturated rings. The normalized spacial score (nSPS) is 11.7. The highest BCUT2D eigenvalue weighted by molar-refractivity contribution is 7.86. The lowest BCUT2D eigenvalue weighted by Crippen LogP contribution is -2.05. The molecule has 17 heavy (non-hydrogen) atoms. The molecule has 0 radical (unpaired) electrons. The Bertz CT molecular complexity index is 464. The van der Waals surface area contributed by atoms with Gasteiger partial charge in [-0.3, -0.25) is 4.55 Å². The van der Waals surface area contributed by atoms with Crippen molar-refractivity contribution in [2.24, 2.45) is 0 Å². The van der Waals surface area contributed by atoms with Crippen LogP contribution in [0.2, 0.25) is 0 Å². The molecule has 3 nitrogen and oxygen atoms in total. The van der Waals surface area contributed by atoms with Crippen molar-refractivity contribution in [3.05, 3.63) is 29.3 Å². The molecule has 1 rings (SSSR count). The molecule has 0 saturated heterocycles. The molecule has 1 aromatic carbocycles. The van der Waals surface area contributed by atoms with Crippen LogP contribution in [0.4, 0.5) is 0 Å².